The molecule has 10 heteroatoms. The molecular formula is C22H17F4N3O2S. The fourth-order valence-corrected chi connectivity index (χ4v) is 3.96. The molecule has 0 radical (unpaired) electrons. The normalized spacial score (nSPS) is 18.9. The number of thiazole rings is 1. The zero-order valence-corrected chi connectivity index (χ0v) is 17.5. The van der Waals surface area contributed by atoms with Crippen molar-refractivity contribution in [2.75, 3.05) is 12.1 Å². The van der Waals surface area contributed by atoms with Gasteiger partial charge >= 0.3 is 6.18 Å². The number of ether oxygens (including phenoxy) is 1. The van der Waals surface area contributed by atoms with Crippen molar-refractivity contribution in [1.29, 1.82) is 0 Å². The molecule has 1 aromatic heterocycles. The molecule has 0 bridgehead atoms. The van der Waals surface area contributed by atoms with Gasteiger partial charge in [-0.1, -0.05) is 18.2 Å². The summed E-state index contributed by atoms with van der Waals surface area (Å²) in [6, 6.07) is 12.3. The fourth-order valence-electron chi connectivity index (χ4n) is 3.11. The van der Waals surface area contributed by atoms with Crippen LogP contribution in [0.15, 0.2) is 65.1 Å². The molecule has 5 nitrogen and oxygen atoms in total. The van der Waals surface area contributed by atoms with E-state index in [2.05, 4.69) is 10.1 Å². The van der Waals surface area contributed by atoms with E-state index in [1.165, 1.54) is 42.8 Å². The number of rotatable bonds is 5. The summed E-state index contributed by atoms with van der Waals surface area (Å²) >= 11 is 0.901. The molecule has 2 aromatic carbocycles. The number of methoxy groups -OCH3 is 1. The summed E-state index contributed by atoms with van der Waals surface area (Å²) in [5, 5.41) is 16.4. The number of aromatic nitrogens is 1. The van der Waals surface area contributed by atoms with Crippen LogP contribution in [-0.4, -0.2) is 34.8 Å². The molecule has 0 spiro atoms. The fraction of sp³-hybridized carbons (Fsp3) is 0.182. The second kappa shape index (κ2) is 8.36. The third kappa shape index (κ3) is 4.23. The monoisotopic (exact) mass is 463 g/mol. The molecule has 0 aliphatic carbocycles. The van der Waals surface area contributed by atoms with Crippen LogP contribution in [0.5, 0.6) is 5.75 Å². The first-order valence-electron chi connectivity index (χ1n) is 9.40. The van der Waals surface area contributed by atoms with Crippen LogP contribution in [0.3, 0.4) is 0 Å². The average molecular weight is 463 g/mol. The molecule has 1 aliphatic heterocycles. The highest BCUT2D eigenvalue weighted by Gasteiger charge is 2.62. The molecule has 32 heavy (non-hydrogen) atoms. The minimum Gasteiger partial charge on any atom is -0.497 e. The molecule has 2 heterocycles. The van der Waals surface area contributed by atoms with E-state index < -0.39 is 24.1 Å². The number of benzene rings is 2. The first-order chi connectivity index (χ1) is 15.2. The van der Waals surface area contributed by atoms with Crippen LogP contribution < -0.4 is 9.75 Å². The Balaban J connectivity index is 1.64. The van der Waals surface area contributed by atoms with Crippen molar-refractivity contribution in [3.05, 3.63) is 71.4 Å². The van der Waals surface area contributed by atoms with Crippen molar-refractivity contribution < 1.29 is 27.4 Å². The van der Waals surface area contributed by atoms with Crippen molar-refractivity contribution in [1.82, 2.24) is 4.98 Å². The number of allylic oxidation sites excluding steroid dienone is 1. The third-order valence-electron chi connectivity index (χ3n) is 4.86. The van der Waals surface area contributed by atoms with Gasteiger partial charge < -0.3 is 9.84 Å². The summed E-state index contributed by atoms with van der Waals surface area (Å²) in [6.45, 7) is 0. The largest absolute Gasteiger partial charge is 0.497 e. The van der Waals surface area contributed by atoms with Crippen LogP contribution >= 0.6 is 11.3 Å². The smallest absolute Gasteiger partial charge is 0.438 e. The first kappa shape index (κ1) is 22.0. The van der Waals surface area contributed by atoms with Gasteiger partial charge in [-0.2, -0.15) is 23.3 Å². The summed E-state index contributed by atoms with van der Waals surface area (Å²) in [5.41, 5.74) is -1.57. The Morgan fingerprint density at radius 2 is 1.78 bits per heavy atom. The number of anilines is 1. The van der Waals surface area contributed by atoms with E-state index in [-0.39, 0.29) is 10.8 Å². The highest BCUT2D eigenvalue weighted by atomic mass is 32.1. The van der Waals surface area contributed by atoms with Gasteiger partial charge in [0.1, 0.15) is 11.6 Å². The van der Waals surface area contributed by atoms with E-state index in [1.807, 2.05) is 0 Å². The molecular weight excluding hydrogens is 446 g/mol. The van der Waals surface area contributed by atoms with E-state index in [0.29, 0.717) is 22.0 Å². The first-order valence-corrected chi connectivity index (χ1v) is 10.3. The Morgan fingerprint density at radius 1 is 1.09 bits per heavy atom. The summed E-state index contributed by atoms with van der Waals surface area (Å²) < 4.78 is 59.6. The maximum absolute atomic E-state index is 13.8. The molecule has 0 saturated carbocycles. The highest BCUT2D eigenvalue weighted by Crippen LogP contribution is 2.44. The van der Waals surface area contributed by atoms with Gasteiger partial charge in [0, 0.05) is 10.9 Å². The topological polar surface area (TPSA) is 58.0 Å². The lowest BCUT2D eigenvalue weighted by molar-refractivity contribution is -0.254. The van der Waals surface area contributed by atoms with Gasteiger partial charge in [0.25, 0.3) is 5.72 Å². The Labute approximate surface area is 184 Å². The Morgan fingerprint density at radius 3 is 2.41 bits per heavy atom. The van der Waals surface area contributed by atoms with E-state index in [1.54, 1.807) is 30.3 Å². The van der Waals surface area contributed by atoms with Gasteiger partial charge in [-0.25, -0.2) is 9.37 Å². The zero-order chi connectivity index (χ0) is 22.9. The van der Waals surface area contributed by atoms with Gasteiger partial charge in [-0.15, -0.1) is 11.3 Å². The molecule has 0 fully saturated rings. The number of nitrogens with zero attached hydrogens (tertiary/aromatic N) is 3. The SMILES string of the molecule is COc1ccc(/C=C/C2=NN(c3nc(-c4ccc(F)cc4)cs3)C(O)(C(F)(F)F)C2)cc1. The lowest BCUT2D eigenvalue weighted by Crippen LogP contribution is -2.55. The van der Waals surface area contributed by atoms with Crippen LogP contribution in [-0.2, 0) is 0 Å². The number of hydrogen-bond donors (Lipinski definition) is 1. The predicted molar refractivity (Wildman–Crippen MR) is 115 cm³/mol. The van der Waals surface area contributed by atoms with Gasteiger partial charge in [0.05, 0.1) is 24.9 Å². The number of aliphatic hydroxyl groups is 1. The second-order valence-corrected chi connectivity index (χ2v) is 7.86. The molecule has 1 atom stereocenters. The molecule has 3 aromatic rings. The Hall–Kier alpha value is -3.24. The molecule has 1 unspecified atom stereocenters. The van der Waals surface area contributed by atoms with E-state index in [9.17, 15) is 22.7 Å². The third-order valence-corrected chi connectivity index (χ3v) is 5.67. The predicted octanol–water partition coefficient (Wildman–Crippen LogP) is 5.49. The summed E-state index contributed by atoms with van der Waals surface area (Å²) in [6.07, 6.45) is -2.71. The van der Waals surface area contributed by atoms with Crippen molar-refractivity contribution in [3.63, 3.8) is 0 Å². The Kier molecular flexibility index (Phi) is 5.74. The lowest BCUT2D eigenvalue weighted by Gasteiger charge is -2.32. The highest BCUT2D eigenvalue weighted by molar-refractivity contribution is 7.14. The van der Waals surface area contributed by atoms with Crippen molar-refractivity contribution in [2.45, 2.75) is 18.3 Å². The van der Waals surface area contributed by atoms with Crippen molar-refractivity contribution in [2.24, 2.45) is 5.10 Å². The summed E-state index contributed by atoms with van der Waals surface area (Å²) in [7, 11) is 1.53. The van der Waals surface area contributed by atoms with E-state index >= 15 is 0 Å². The minimum absolute atomic E-state index is 0.0409. The lowest BCUT2D eigenvalue weighted by atomic mass is 10.1. The molecule has 1 aliphatic rings. The van der Waals surface area contributed by atoms with Crippen LogP contribution in [0.25, 0.3) is 17.3 Å². The Bertz CT molecular complexity index is 1160. The van der Waals surface area contributed by atoms with Crippen LogP contribution in [0.2, 0.25) is 0 Å². The minimum atomic E-state index is -4.98. The molecule has 0 saturated heterocycles. The van der Waals surface area contributed by atoms with Gasteiger partial charge in [-0.3, -0.25) is 0 Å². The van der Waals surface area contributed by atoms with E-state index in [4.69, 9.17) is 4.74 Å². The average Bonchev–Trinajstić information content (AvgIpc) is 3.38. The molecule has 4 rings (SSSR count). The number of halogens is 4. The number of hydrazone groups is 1. The van der Waals surface area contributed by atoms with Gasteiger partial charge in [0.15, 0.2) is 0 Å². The van der Waals surface area contributed by atoms with Crippen molar-refractivity contribution >= 4 is 28.3 Å². The maximum atomic E-state index is 13.8. The van der Waals surface area contributed by atoms with Crippen molar-refractivity contribution in [3.8, 4) is 17.0 Å². The second-order valence-electron chi connectivity index (χ2n) is 7.02. The van der Waals surface area contributed by atoms with Gasteiger partial charge in [-0.05, 0) is 48.0 Å². The molecule has 0 amide bonds. The quantitative estimate of drug-likeness (QED) is 0.509. The summed E-state index contributed by atoms with van der Waals surface area (Å²) in [5.74, 6) is 0.215. The maximum Gasteiger partial charge on any atom is 0.438 e. The molecule has 166 valence electrons. The zero-order valence-electron chi connectivity index (χ0n) is 16.7. The standard InChI is InChI=1S/C22H17F4N3O2S/c1-31-18-10-3-14(4-11-18)2-9-17-12-21(30,22(24,25)26)29(28-17)20-27-19(13-32-20)15-5-7-16(23)8-6-15/h2-11,13,30H,12H2,1H3/b9-2+. The number of hydrogen-bond acceptors (Lipinski definition) is 6. The van der Waals surface area contributed by atoms with E-state index in [0.717, 1.165) is 16.9 Å². The van der Waals surface area contributed by atoms with Crippen LogP contribution in [0.1, 0.15) is 12.0 Å². The van der Waals surface area contributed by atoms with Crippen LogP contribution in [0, 0.1) is 5.82 Å². The van der Waals surface area contributed by atoms with Gasteiger partial charge in [0.2, 0.25) is 5.13 Å². The summed E-state index contributed by atoms with van der Waals surface area (Å²) in [4.78, 5) is 4.19. The molecule has 1 N–H and O–H groups in total. The number of alkyl halides is 3. The van der Waals surface area contributed by atoms with Crippen LogP contribution in [0.4, 0.5) is 22.7 Å².